The van der Waals surface area contributed by atoms with Crippen molar-refractivity contribution in [3.05, 3.63) is 45.1 Å². The number of nitrogen functional groups attached to an aromatic ring is 1. The number of nitrogens with two attached hydrogens (primary N) is 1. The lowest BCUT2D eigenvalue weighted by Gasteiger charge is -2.18. The van der Waals surface area contributed by atoms with Gasteiger partial charge in [0, 0.05) is 27.2 Å². The number of carbonyl (C=O) groups excluding carboxylic acids is 1. The number of thiophene rings is 1. The highest BCUT2D eigenvalue weighted by atomic mass is 32.1. The van der Waals surface area contributed by atoms with E-state index in [1.165, 1.54) is 22.4 Å². The van der Waals surface area contributed by atoms with Gasteiger partial charge in [0.2, 0.25) is 0 Å². The van der Waals surface area contributed by atoms with Gasteiger partial charge in [0.05, 0.1) is 12.7 Å². The molecule has 0 aliphatic heterocycles. The van der Waals surface area contributed by atoms with E-state index in [-0.39, 0.29) is 6.04 Å². The molecule has 0 bridgehead atoms. The van der Waals surface area contributed by atoms with Crippen molar-refractivity contribution in [3.63, 3.8) is 0 Å². The van der Waals surface area contributed by atoms with Gasteiger partial charge < -0.3 is 15.8 Å². The van der Waals surface area contributed by atoms with Crippen LogP contribution in [0.2, 0.25) is 0 Å². The molecular weight excluding hydrogens is 284 g/mol. The summed E-state index contributed by atoms with van der Waals surface area (Å²) < 4.78 is 4.81. The molecule has 0 fully saturated rings. The van der Waals surface area contributed by atoms with Crippen LogP contribution in [0.3, 0.4) is 0 Å². The van der Waals surface area contributed by atoms with Gasteiger partial charge in [0.25, 0.3) is 0 Å². The Hall–Kier alpha value is -2.01. The molecule has 3 N–H and O–H groups in total. The third-order valence-electron chi connectivity index (χ3n) is 3.37. The van der Waals surface area contributed by atoms with Crippen LogP contribution >= 0.6 is 11.3 Å². The second-order valence-electron chi connectivity index (χ2n) is 5.03. The minimum Gasteiger partial charge on any atom is -0.465 e. The Labute approximate surface area is 128 Å². The molecule has 5 heteroatoms. The second kappa shape index (κ2) is 6.18. The third-order valence-corrected chi connectivity index (χ3v) is 4.35. The van der Waals surface area contributed by atoms with Crippen molar-refractivity contribution in [1.82, 2.24) is 0 Å². The maximum Gasteiger partial charge on any atom is 0.340 e. The molecule has 1 atom stereocenters. The molecule has 0 saturated carbocycles. The first-order valence-corrected chi connectivity index (χ1v) is 7.55. The van der Waals surface area contributed by atoms with E-state index < -0.39 is 5.97 Å². The number of benzene rings is 1. The van der Waals surface area contributed by atoms with E-state index in [1.807, 2.05) is 6.07 Å². The molecule has 2 aromatic rings. The zero-order valence-electron chi connectivity index (χ0n) is 12.7. The van der Waals surface area contributed by atoms with Crippen LogP contribution in [0.5, 0.6) is 0 Å². The van der Waals surface area contributed by atoms with Gasteiger partial charge in [0.15, 0.2) is 0 Å². The van der Waals surface area contributed by atoms with Crippen LogP contribution in [0.15, 0.2) is 24.3 Å². The second-order valence-corrected chi connectivity index (χ2v) is 6.49. The molecule has 1 aromatic carbocycles. The highest BCUT2D eigenvalue weighted by molar-refractivity contribution is 7.12. The fraction of sp³-hybridized carbons (Fsp3) is 0.312. The van der Waals surface area contributed by atoms with Gasteiger partial charge in [-0.3, -0.25) is 0 Å². The topological polar surface area (TPSA) is 64.3 Å². The van der Waals surface area contributed by atoms with Crippen LogP contribution in [-0.2, 0) is 4.74 Å². The summed E-state index contributed by atoms with van der Waals surface area (Å²) in [7, 11) is 1.37. The quantitative estimate of drug-likeness (QED) is 0.664. The Kier molecular flexibility index (Phi) is 4.53. The minimum absolute atomic E-state index is 0.0991. The number of hydrogen-bond donors (Lipinski definition) is 2. The van der Waals surface area contributed by atoms with Crippen molar-refractivity contribution >= 4 is 28.7 Å². The highest BCUT2D eigenvalue weighted by Gasteiger charge is 2.16. The lowest BCUT2D eigenvalue weighted by molar-refractivity contribution is 0.0602. The van der Waals surface area contributed by atoms with E-state index in [1.54, 1.807) is 23.5 Å². The summed E-state index contributed by atoms with van der Waals surface area (Å²) in [5.74, 6) is -0.393. The number of hydrogen-bond acceptors (Lipinski definition) is 5. The molecule has 1 unspecified atom stereocenters. The molecule has 0 saturated heterocycles. The summed E-state index contributed by atoms with van der Waals surface area (Å²) in [6.07, 6.45) is 0. The zero-order chi connectivity index (χ0) is 15.6. The van der Waals surface area contributed by atoms with E-state index in [9.17, 15) is 4.79 Å². The van der Waals surface area contributed by atoms with Crippen LogP contribution in [0.4, 0.5) is 11.4 Å². The summed E-state index contributed by atoms with van der Waals surface area (Å²) in [5.41, 5.74) is 8.72. The van der Waals surface area contributed by atoms with Crippen molar-refractivity contribution in [1.29, 1.82) is 0 Å². The molecule has 0 amide bonds. The number of anilines is 2. The largest absolute Gasteiger partial charge is 0.465 e. The maximum absolute atomic E-state index is 11.9. The van der Waals surface area contributed by atoms with Gasteiger partial charge in [-0.2, -0.15) is 0 Å². The Bertz CT molecular complexity index is 664. The fourth-order valence-corrected chi connectivity index (χ4v) is 3.38. The Morgan fingerprint density at radius 2 is 2.05 bits per heavy atom. The number of nitrogens with one attached hydrogen (secondary N) is 1. The van der Waals surface area contributed by atoms with Crippen LogP contribution in [0.25, 0.3) is 0 Å². The van der Waals surface area contributed by atoms with Gasteiger partial charge in [-0.05, 0) is 50.6 Å². The monoisotopic (exact) mass is 304 g/mol. The summed E-state index contributed by atoms with van der Waals surface area (Å²) in [4.78, 5) is 14.4. The molecule has 1 aromatic heterocycles. The Morgan fingerprint density at radius 1 is 1.33 bits per heavy atom. The normalized spacial score (nSPS) is 12.0. The van der Waals surface area contributed by atoms with E-state index >= 15 is 0 Å². The molecular formula is C16H20N2O2S. The van der Waals surface area contributed by atoms with Crippen LogP contribution in [-0.4, -0.2) is 13.1 Å². The molecule has 2 rings (SSSR count). The van der Waals surface area contributed by atoms with Crippen LogP contribution < -0.4 is 11.1 Å². The summed E-state index contributed by atoms with van der Waals surface area (Å²) >= 11 is 1.77. The van der Waals surface area contributed by atoms with Crippen molar-refractivity contribution in [2.75, 3.05) is 18.2 Å². The molecule has 21 heavy (non-hydrogen) atoms. The molecule has 0 aliphatic carbocycles. The first-order chi connectivity index (χ1) is 9.92. The number of methoxy groups -OCH3 is 1. The lowest BCUT2D eigenvalue weighted by Crippen LogP contribution is -2.12. The van der Waals surface area contributed by atoms with Gasteiger partial charge in [-0.15, -0.1) is 11.3 Å². The van der Waals surface area contributed by atoms with Gasteiger partial charge in [-0.25, -0.2) is 4.79 Å². The average Bonchev–Trinajstić information content (AvgIpc) is 2.78. The predicted molar refractivity (Wildman–Crippen MR) is 88.0 cm³/mol. The third kappa shape index (κ3) is 3.36. The van der Waals surface area contributed by atoms with E-state index in [0.29, 0.717) is 11.3 Å². The van der Waals surface area contributed by atoms with Crippen LogP contribution in [0.1, 0.15) is 38.6 Å². The van der Waals surface area contributed by atoms with Crippen molar-refractivity contribution in [3.8, 4) is 0 Å². The van der Waals surface area contributed by atoms with E-state index in [0.717, 1.165) is 5.69 Å². The molecule has 4 nitrogen and oxygen atoms in total. The molecule has 0 aliphatic rings. The van der Waals surface area contributed by atoms with Gasteiger partial charge >= 0.3 is 5.97 Å². The Morgan fingerprint density at radius 3 is 2.62 bits per heavy atom. The average molecular weight is 304 g/mol. The van der Waals surface area contributed by atoms with E-state index in [2.05, 4.69) is 32.2 Å². The maximum atomic E-state index is 11.9. The van der Waals surface area contributed by atoms with Crippen molar-refractivity contribution < 1.29 is 9.53 Å². The lowest BCUT2D eigenvalue weighted by atomic mass is 10.1. The molecule has 1 heterocycles. The van der Waals surface area contributed by atoms with Crippen LogP contribution in [0, 0.1) is 13.8 Å². The molecule has 0 spiro atoms. The summed E-state index contributed by atoms with van der Waals surface area (Å²) in [6.45, 7) is 6.28. The smallest absolute Gasteiger partial charge is 0.340 e. The molecule has 112 valence electrons. The summed E-state index contributed by atoms with van der Waals surface area (Å²) in [6, 6.07) is 7.49. The number of ether oxygens (including phenoxy) is 1. The first kappa shape index (κ1) is 15.4. The number of rotatable bonds is 4. The number of esters is 1. The summed E-state index contributed by atoms with van der Waals surface area (Å²) in [5, 5.41) is 3.37. The van der Waals surface area contributed by atoms with Crippen molar-refractivity contribution in [2.45, 2.75) is 26.8 Å². The Balaban J connectivity index is 2.31. The van der Waals surface area contributed by atoms with E-state index in [4.69, 9.17) is 10.5 Å². The standard InChI is InChI=1S/C16H20N2O2S/c1-9-7-13(11(3)21-9)10(2)18-15-6-5-12(17)8-14(15)16(19)20-4/h5-8,10,18H,17H2,1-4H3. The highest BCUT2D eigenvalue weighted by Crippen LogP contribution is 2.30. The minimum atomic E-state index is -0.393. The number of aryl methyl sites for hydroxylation is 2. The predicted octanol–water partition coefficient (Wildman–Crippen LogP) is 3.91. The zero-order valence-corrected chi connectivity index (χ0v) is 13.5. The van der Waals surface area contributed by atoms with Crippen molar-refractivity contribution in [2.24, 2.45) is 0 Å². The first-order valence-electron chi connectivity index (χ1n) is 6.73. The fourth-order valence-electron chi connectivity index (χ4n) is 2.36. The van der Waals surface area contributed by atoms with Gasteiger partial charge in [0.1, 0.15) is 0 Å². The SMILES string of the molecule is COC(=O)c1cc(N)ccc1NC(C)c1cc(C)sc1C. The number of carbonyl (C=O) groups is 1. The molecule has 0 radical (unpaired) electrons. The van der Waals surface area contributed by atoms with Gasteiger partial charge in [-0.1, -0.05) is 0 Å².